The molecule has 4 aromatic heterocycles. The van der Waals surface area contributed by atoms with Crippen molar-refractivity contribution in [3.05, 3.63) is 66.4 Å². The van der Waals surface area contributed by atoms with Crippen molar-refractivity contribution >= 4 is 22.5 Å². The highest BCUT2D eigenvalue weighted by atomic mass is 16.1. The number of ketones is 1. The molecule has 0 spiro atoms. The van der Waals surface area contributed by atoms with Crippen LogP contribution in [-0.2, 0) is 13.5 Å². The monoisotopic (exact) mass is 427 g/mol. The van der Waals surface area contributed by atoms with Gasteiger partial charge < -0.3 is 9.80 Å². The lowest BCUT2D eigenvalue weighted by molar-refractivity contribution is 0.0992. The van der Waals surface area contributed by atoms with Crippen LogP contribution >= 0.6 is 0 Å². The van der Waals surface area contributed by atoms with Gasteiger partial charge in [0.1, 0.15) is 5.82 Å². The Bertz CT molecular complexity index is 1290. The molecule has 8 nitrogen and oxygen atoms in total. The third-order valence-corrected chi connectivity index (χ3v) is 5.96. The molecular weight excluding hydrogens is 402 g/mol. The largest absolute Gasteiger partial charge is 0.353 e. The van der Waals surface area contributed by atoms with Crippen LogP contribution in [0.4, 0.5) is 5.82 Å². The molecule has 5 heterocycles. The van der Waals surface area contributed by atoms with E-state index >= 15 is 0 Å². The standard InChI is InChI=1S/C24H25N7O/c1-29(2)20-14-31(15-20)24-8-16(6-7-25-24)23(32)10-19-9-22-17(11-26-19)4-5-21(28-22)18-12-27-30(3)13-18/h4-9,11-13,20H,10,14-15H2,1-3H3. The predicted octanol–water partition coefficient (Wildman–Crippen LogP) is 2.60. The van der Waals surface area contributed by atoms with Gasteiger partial charge >= 0.3 is 0 Å². The third kappa shape index (κ3) is 3.97. The summed E-state index contributed by atoms with van der Waals surface area (Å²) in [5.41, 5.74) is 3.97. The molecule has 32 heavy (non-hydrogen) atoms. The molecule has 0 N–H and O–H groups in total. The van der Waals surface area contributed by atoms with Crippen molar-refractivity contribution in [3.8, 4) is 11.3 Å². The van der Waals surface area contributed by atoms with Gasteiger partial charge in [-0.05, 0) is 44.4 Å². The zero-order valence-electron chi connectivity index (χ0n) is 18.4. The van der Waals surface area contributed by atoms with E-state index in [1.807, 2.05) is 37.5 Å². The number of carbonyl (C=O) groups is 1. The molecule has 162 valence electrons. The SMILES string of the molecule is CN(C)C1CN(c2cc(C(=O)Cc3cc4nc(-c5cnn(C)c5)ccc4cn3)ccn2)C1. The second-order valence-corrected chi connectivity index (χ2v) is 8.49. The van der Waals surface area contributed by atoms with Gasteiger partial charge in [-0.1, -0.05) is 0 Å². The quantitative estimate of drug-likeness (QED) is 0.438. The summed E-state index contributed by atoms with van der Waals surface area (Å²) >= 11 is 0. The minimum Gasteiger partial charge on any atom is -0.353 e. The predicted molar refractivity (Wildman–Crippen MR) is 124 cm³/mol. The Morgan fingerprint density at radius 2 is 1.97 bits per heavy atom. The Hall–Kier alpha value is -3.65. The number of fused-ring (bicyclic) bond motifs is 1. The fourth-order valence-electron chi connectivity index (χ4n) is 3.87. The van der Waals surface area contributed by atoms with Crippen LogP contribution in [0.3, 0.4) is 0 Å². The molecule has 0 bridgehead atoms. The number of hydrogen-bond donors (Lipinski definition) is 0. The summed E-state index contributed by atoms with van der Waals surface area (Å²) in [5.74, 6) is 0.872. The van der Waals surface area contributed by atoms with Gasteiger partial charge in [0.25, 0.3) is 0 Å². The molecule has 4 aromatic rings. The van der Waals surface area contributed by atoms with Crippen molar-refractivity contribution in [3.63, 3.8) is 0 Å². The minimum absolute atomic E-state index is 0.0218. The summed E-state index contributed by atoms with van der Waals surface area (Å²) in [5, 5.41) is 5.15. The van der Waals surface area contributed by atoms with Crippen LogP contribution in [0.15, 0.2) is 55.1 Å². The second-order valence-electron chi connectivity index (χ2n) is 8.49. The third-order valence-electron chi connectivity index (χ3n) is 5.96. The molecule has 0 radical (unpaired) electrons. The van der Waals surface area contributed by atoms with Gasteiger partial charge in [0, 0.05) is 61.3 Å². The fourth-order valence-corrected chi connectivity index (χ4v) is 3.87. The van der Waals surface area contributed by atoms with E-state index in [9.17, 15) is 4.79 Å². The van der Waals surface area contributed by atoms with E-state index < -0.39 is 0 Å². The molecule has 8 heteroatoms. The van der Waals surface area contributed by atoms with Crippen LogP contribution in [0, 0.1) is 0 Å². The Labute approximate surface area is 186 Å². The number of aryl methyl sites for hydroxylation is 1. The Balaban J connectivity index is 1.34. The first-order valence-electron chi connectivity index (χ1n) is 10.6. The lowest BCUT2D eigenvalue weighted by Gasteiger charge is -2.43. The van der Waals surface area contributed by atoms with Crippen LogP contribution in [0.2, 0.25) is 0 Å². The first kappa shape index (κ1) is 20.3. The highest BCUT2D eigenvalue weighted by Gasteiger charge is 2.29. The number of anilines is 1. The fraction of sp³-hybridized carbons (Fsp3) is 0.292. The number of hydrogen-bond acceptors (Lipinski definition) is 7. The average molecular weight is 428 g/mol. The van der Waals surface area contributed by atoms with Gasteiger partial charge in [-0.25, -0.2) is 9.97 Å². The van der Waals surface area contributed by atoms with Crippen LogP contribution in [0.5, 0.6) is 0 Å². The normalized spacial score (nSPS) is 14.2. The summed E-state index contributed by atoms with van der Waals surface area (Å²) in [6.07, 6.45) is 7.43. The Kier molecular flexibility index (Phi) is 5.14. The van der Waals surface area contributed by atoms with Crippen molar-refractivity contribution in [1.82, 2.24) is 29.6 Å². The number of nitrogens with zero attached hydrogens (tertiary/aromatic N) is 7. The molecule has 0 saturated carbocycles. The maximum Gasteiger partial charge on any atom is 0.169 e. The lowest BCUT2D eigenvalue weighted by atomic mass is 10.0. The zero-order chi connectivity index (χ0) is 22.2. The molecule has 5 rings (SSSR count). The molecule has 0 aliphatic carbocycles. The van der Waals surface area contributed by atoms with Crippen molar-refractivity contribution in [2.24, 2.45) is 7.05 Å². The van der Waals surface area contributed by atoms with E-state index in [-0.39, 0.29) is 12.2 Å². The number of Topliss-reactive ketones (excluding diaryl/α,β-unsaturated/α-hetero) is 1. The van der Waals surface area contributed by atoms with Gasteiger partial charge in [-0.2, -0.15) is 5.10 Å². The zero-order valence-corrected chi connectivity index (χ0v) is 18.4. The maximum atomic E-state index is 13.0. The van der Waals surface area contributed by atoms with Gasteiger partial charge in [0.05, 0.1) is 29.5 Å². The van der Waals surface area contributed by atoms with Crippen LogP contribution in [0.25, 0.3) is 22.2 Å². The molecule has 1 aliphatic rings. The smallest absolute Gasteiger partial charge is 0.169 e. The van der Waals surface area contributed by atoms with Gasteiger partial charge in [-0.15, -0.1) is 0 Å². The number of pyridine rings is 3. The van der Waals surface area contributed by atoms with Crippen molar-refractivity contribution in [2.75, 3.05) is 32.1 Å². The molecule has 1 saturated heterocycles. The van der Waals surface area contributed by atoms with Crippen LogP contribution < -0.4 is 4.90 Å². The first-order chi connectivity index (χ1) is 15.5. The molecule has 1 aliphatic heterocycles. The highest BCUT2D eigenvalue weighted by molar-refractivity contribution is 5.98. The number of likely N-dealkylation sites (N-methyl/N-ethyl adjacent to an activating group) is 1. The van der Waals surface area contributed by atoms with E-state index in [1.54, 1.807) is 29.3 Å². The van der Waals surface area contributed by atoms with Gasteiger partial charge in [0.15, 0.2) is 5.78 Å². The Morgan fingerprint density at radius 1 is 1.12 bits per heavy atom. The molecule has 0 atom stereocenters. The number of aromatic nitrogens is 5. The van der Waals surface area contributed by atoms with E-state index in [2.05, 4.69) is 39.0 Å². The van der Waals surface area contributed by atoms with Crippen molar-refractivity contribution < 1.29 is 4.79 Å². The minimum atomic E-state index is 0.0218. The van der Waals surface area contributed by atoms with E-state index in [4.69, 9.17) is 4.98 Å². The summed E-state index contributed by atoms with van der Waals surface area (Å²) < 4.78 is 1.75. The van der Waals surface area contributed by atoms with Crippen molar-refractivity contribution in [1.29, 1.82) is 0 Å². The summed E-state index contributed by atoms with van der Waals surface area (Å²) in [4.78, 5) is 31.1. The van der Waals surface area contributed by atoms with Gasteiger partial charge in [-0.3, -0.25) is 14.5 Å². The summed E-state index contributed by atoms with van der Waals surface area (Å²) in [6.45, 7) is 1.85. The molecule has 0 unspecified atom stereocenters. The summed E-state index contributed by atoms with van der Waals surface area (Å²) in [7, 11) is 6.05. The van der Waals surface area contributed by atoms with Crippen molar-refractivity contribution in [2.45, 2.75) is 12.5 Å². The topological polar surface area (TPSA) is 80.0 Å². The maximum absolute atomic E-state index is 13.0. The van der Waals surface area contributed by atoms with E-state index in [0.29, 0.717) is 17.3 Å². The second kappa shape index (κ2) is 8.12. The Morgan fingerprint density at radius 3 is 2.72 bits per heavy atom. The van der Waals surface area contributed by atoms with E-state index in [0.717, 1.165) is 41.1 Å². The van der Waals surface area contributed by atoms with Crippen LogP contribution in [-0.4, -0.2) is 68.6 Å². The number of carbonyl (C=O) groups excluding carboxylic acids is 1. The molecule has 0 amide bonds. The van der Waals surface area contributed by atoms with Crippen LogP contribution in [0.1, 0.15) is 16.1 Å². The average Bonchev–Trinajstić information content (AvgIpc) is 3.18. The summed E-state index contributed by atoms with van der Waals surface area (Å²) in [6, 6.07) is 10.0. The molecule has 0 aromatic carbocycles. The van der Waals surface area contributed by atoms with E-state index in [1.165, 1.54) is 0 Å². The molecule has 1 fully saturated rings. The van der Waals surface area contributed by atoms with Gasteiger partial charge in [0.2, 0.25) is 0 Å². The lowest BCUT2D eigenvalue weighted by Crippen LogP contribution is -2.57. The number of rotatable bonds is 6. The molecular formula is C24H25N7O. The first-order valence-corrected chi connectivity index (χ1v) is 10.6. The highest BCUT2D eigenvalue weighted by Crippen LogP contribution is 2.23.